The Labute approximate surface area is 92.9 Å². The van der Waals surface area contributed by atoms with Crippen LogP contribution in [0.3, 0.4) is 0 Å². The van der Waals surface area contributed by atoms with Crippen LogP contribution in [0.5, 0.6) is 0 Å². The van der Waals surface area contributed by atoms with E-state index in [1.165, 1.54) is 0 Å². The molecule has 1 aliphatic carbocycles. The van der Waals surface area contributed by atoms with Crippen molar-refractivity contribution in [3.63, 3.8) is 0 Å². The Morgan fingerprint density at radius 1 is 1.33 bits per heavy atom. The minimum atomic E-state index is -0.284. The molecule has 1 saturated carbocycles. The maximum Gasteiger partial charge on any atom is 0.0592 e. The summed E-state index contributed by atoms with van der Waals surface area (Å²) in [5.74, 6) is 0.758. The topological polar surface area (TPSA) is 52.5 Å². The zero-order chi connectivity index (χ0) is 11.3. The van der Waals surface area contributed by atoms with E-state index in [0.29, 0.717) is 12.0 Å². The lowest BCUT2D eigenvalue weighted by Gasteiger charge is -2.32. The summed E-state index contributed by atoms with van der Waals surface area (Å²) in [4.78, 5) is 0. The van der Waals surface area contributed by atoms with Crippen LogP contribution in [0.25, 0.3) is 0 Å². The molecule has 0 heterocycles. The lowest BCUT2D eigenvalue weighted by Crippen LogP contribution is -2.33. The molecule has 1 rings (SSSR count). The molecule has 0 aromatic rings. The van der Waals surface area contributed by atoms with E-state index in [2.05, 4.69) is 19.2 Å². The molecule has 3 atom stereocenters. The van der Waals surface area contributed by atoms with Crippen LogP contribution in [0.15, 0.2) is 0 Å². The summed E-state index contributed by atoms with van der Waals surface area (Å²) in [5, 5.41) is 22.2. The summed E-state index contributed by atoms with van der Waals surface area (Å²) < 4.78 is 0. The molecule has 3 heteroatoms. The zero-order valence-electron chi connectivity index (χ0n) is 9.95. The third-order valence-electron chi connectivity index (χ3n) is 3.40. The Kier molecular flexibility index (Phi) is 5.58. The summed E-state index contributed by atoms with van der Waals surface area (Å²) >= 11 is 0. The highest BCUT2D eigenvalue weighted by atomic mass is 16.3. The first-order valence-electron chi connectivity index (χ1n) is 6.15. The van der Waals surface area contributed by atoms with E-state index < -0.39 is 0 Å². The van der Waals surface area contributed by atoms with Crippen molar-refractivity contribution in [2.45, 2.75) is 51.7 Å². The van der Waals surface area contributed by atoms with Gasteiger partial charge in [-0.25, -0.2) is 0 Å². The predicted molar refractivity (Wildman–Crippen MR) is 61.7 cm³/mol. The molecule has 3 unspecified atom stereocenters. The van der Waals surface area contributed by atoms with Crippen molar-refractivity contribution in [3.8, 4) is 0 Å². The lowest BCUT2D eigenvalue weighted by molar-refractivity contribution is 0.0143. The molecule has 0 saturated heterocycles. The van der Waals surface area contributed by atoms with E-state index >= 15 is 0 Å². The first-order chi connectivity index (χ1) is 7.13. The van der Waals surface area contributed by atoms with Gasteiger partial charge in [0.05, 0.1) is 6.10 Å². The smallest absolute Gasteiger partial charge is 0.0592 e. The molecule has 0 radical (unpaired) electrons. The summed E-state index contributed by atoms with van der Waals surface area (Å²) in [6.45, 7) is 5.48. The van der Waals surface area contributed by atoms with Gasteiger partial charge >= 0.3 is 0 Å². The van der Waals surface area contributed by atoms with Gasteiger partial charge in [0.25, 0.3) is 0 Å². The van der Waals surface area contributed by atoms with E-state index in [4.69, 9.17) is 5.11 Å². The number of hydrogen-bond acceptors (Lipinski definition) is 3. The van der Waals surface area contributed by atoms with Gasteiger partial charge in [0.2, 0.25) is 0 Å². The van der Waals surface area contributed by atoms with Gasteiger partial charge < -0.3 is 15.5 Å². The van der Waals surface area contributed by atoms with Gasteiger partial charge in [-0.2, -0.15) is 0 Å². The van der Waals surface area contributed by atoms with Crippen LogP contribution in [0.1, 0.15) is 39.5 Å². The number of aliphatic hydroxyl groups excluding tert-OH is 2. The summed E-state index contributed by atoms with van der Waals surface area (Å²) in [5.41, 5.74) is 0. The molecular formula is C12H25NO2. The fourth-order valence-electron chi connectivity index (χ4n) is 2.35. The number of hydrogen-bond donors (Lipinski definition) is 3. The van der Waals surface area contributed by atoms with Crippen molar-refractivity contribution < 1.29 is 10.2 Å². The molecule has 1 fully saturated rings. The molecule has 0 amide bonds. The van der Waals surface area contributed by atoms with Crippen molar-refractivity contribution in [2.75, 3.05) is 13.2 Å². The molecule has 90 valence electrons. The Morgan fingerprint density at radius 2 is 2.07 bits per heavy atom. The molecule has 0 aromatic carbocycles. The zero-order valence-corrected chi connectivity index (χ0v) is 9.95. The minimum Gasteiger partial charge on any atom is -0.396 e. The van der Waals surface area contributed by atoms with E-state index in [1.807, 2.05) is 0 Å². The average Bonchev–Trinajstić information content (AvgIpc) is 2.17. The fourth-order valence-corrected chi connectivity index (χ4v) is 2.35. The second kappa shape index (κ2) is 6.46. The highest BCUT2D eigenvalue weighted by Gasteiger charge is 2.27. The normalized spacial score (nSPS) is 32.2. The van der Waals surface area contributed by atoms with Crippen LogP contribution in [0.4, 0.5) is 0 Å². The van der Waals surface area contributed by atoms with Crippen LogP contribution >= 0.6 is 0 Å². The van der Waals surface area contributed by atoms with Crippen molar-refractivity contribution in [2.24, 2.45) is 11.8 Å². The number of aliphatic hydroxyl groups is 2. The van der Waals surface area contributed by atoms with Gasteiger partial charge in [-0.3, -0.25) is 0 Å². The van der Waals surface area contributed by atoms with Crippen molar-refractivity contribution >= 4 is 0 Å². The van der Waals surface area contributed by atoms with Crippen LogP contribution in [-0.2, 0) is 0 Å². The van der Waals surface area contributed by atoms with Crippen molar-refractivity contribution in [3.05, 3.63) is 0 Å². The van der Waals surface area contributed by atoms with E-state index in [-0.39, 0.29) is 18.6 Å². The molecular weight excluding hydrogens is 190 g/mol. The maximum absolute atomic E-state index is 9.77. The average molecular weight is 215 g/mol. The second-order valence-corrected chi connectivity index (χ2v) is 5.09. The van der Waals surface area contributed by atoms with Gasteiger partial charge in [0, 0.05) is 18.6 Å². The van der Waals surface area contributed by atoms with E-state index in [1.54, 1.807) is 0 Å². The monoisotopic (exact) mass is 215 g/mol. The highest BCUT2D eigenvalue weighted by molar-refractivity contribution is 4.79. The van der Waals surface area contributed by atoms with Crippen LogP contribution < -0.4 is 5.32 Å². The molecule has 0 aliphatic heterocycles. The first-order valence-corrected chi connectivity index (χ1v) is 6.15. The maximum atomic E-state index is 9.77. The quantitative estimate of drug-likeness (QED) is 0.645. The van der Waals surface area contributed by atoms with E-state index in [9.17, 15) is 5.11 Å². The Morgan fingerprint density at radius 3 is 2.60 bits per heavy atom. The van der Waals surface area contributed by atoms with Gasteiger partial charge in [-0.05, 0) is 38.1 Å². The third-order valence-corrected chi connectivity index (χ3v) is 3.40. The van der Waals surface area contributed by atoms with Gasteiger partial charge in [0.1, 0.15) is 0 Å². The highest BCUT2D eigenvalue weighted by Crippen LogP contribution is 2.30. The Bertz CT molecular complexity index is 173. The van der Waals surface area contributed by atoms with Crippen LogP contribution in [0.2, 0.25) is 0 Å². The number of nitrogens with one attached hydrogen (secondary N) is 1. The fraction of sp³-hybridized carbons (Fsp3) is 1.00. The molecule has 0 spiro atoms. The molecule has 3 N–H and O–H groups in total. The predicted octanol–water partition coefficient (Wildman–Crippen LogP) is 1.14. The largest absolute Gasteiger partial charge is 0.396 e. The standard InChI is InChI=1S/C12H25NO2/c1-9(2)13-6-5-10-3-4-11(8-14)12(15)7-10/h9-15H,3-8H2,1-2H3. The first kappa shape index (κ1) is 12.9. The molecule has 3 nitrogen and oxygen atoms in total. The molecule has 0 aromatic heterocycles. The molecule has 0 bridgehead atoms. The van der Waals surface area contributed by atoms with Crippen molar-refractivity contribution in [1.82, 2.24) is 5.32 Å². The van der Waals surface area contributed by atoms with Crippen LogP contribution in [0, 0.1) is 11.8 Å². The van der Waals surface area contributed by atoms with Gasteiger partial charge in [-0.1, -0.05) is 13.8 Å². The lowest BCUT2D eigenvalue weighted by atomic mass is 9.79. The number of rotatable bonds is 5. The summed E-state index contributed by atoms with van der Waals surface area (Å²) in [7, 11) is 0. The molecule has 1 aliphatic rings. The Balaban J connectivity index is 2.17. The summed E-state index contributed by atoms with van der Waals surface area (Å²) in [6.07, 6.45) is 3.86. The van der Waals surface area contributed by atoms with Crippen LogP contribution in [-0.4, -0.2) is 35.5 Å². The van der Waals surface area contributed by atoms with Gasteiger partial charge in [-0.15, -0.1) is 0 Å². The van der Waals surface area contributed by atoms with Crippen molar-refractivity contribution in [1.29, 1.82) is 0 Å². The SMILES string of the molecule is CC(C)NCCC1CCC(CO)C(O)C1. The Hall–Kier alpha value is -0.120. The second-order valence-electron chi connectivity index (χ2n) is 5.09. The molecule has 15 heavy (non-hydrogen) atoms. The van der Waals surface area contributed by atoms with Gasteiger partial charge in [0.15, 0.2) is 0 Å². The third kappa shape index (κ3) is 4.49. The minimum absolute atomic E-state index is 0.124. The van der Waals surface area contributed by atoms with E-state index in [0.717, 1.165) is 32.2 Å². The summed E-state index contributed by atoms with van der Waals surface area (Å²) in [6, 6.07) is 0.545.